The van der Waals surface area contributed by atoms with E-state index in [1.165, 1.54) is 0 Å². The number of para-hydroxylation sites is 1. The van der Waals surface area contributed by atoms with E-state index in [2.05, 4.69) is 12.2 Å². The van der Waals surface area contributed by atoms with E-state index in [9.17, 15) is 5.11 Å². The first-order valence-electron chi connectivity index (χ1n) is 6.19. The van der Waals surface area contributed by atoms with Crippen LogP contribution >= 0.6 is 0 Å². The van der Waals surface area contributed by atoms with Gasteiger partial charge in [-0.3, -0.25) is 0 Å². The summed E-state index contributed by atoms with van der Waals surface area (Å²) in [5.41, 5.74) is 0. The highest BCUT2D eigenvalue weighted by atomic mass is 16.5. The normalized spacial score (nSPS) is 12.4. The van der Waals surface area contributed by atoms with E-state index in [1.807, 2.05) is 30.3 Å². The lowest BCUT2D eigenvalue weighted by molar-refractivity contribution is 0.106. The van der Waals surface area contributed by atoms with Crippen molar-refractivity contribution in [3.8, 4) is 5.75 Å². The van der Waals surface area contributed by atoms with Crippen molar-refractivity contribution >= 4 is 0 Å². The molecule has 0 saturated carbocycles. The van der Waals surface area contributed by atoms with Crippen molar-refractivity contribution in [1.29, 1.82) is 0 Å². The number of ether oxygens (including phenoxy) is 1. The molecule has 0 amide bonds. The lowest BCUT2D eigenvalue weighted by Gasteiger charge is -2.13. The minimum absolute atomic E-state index is 0.326. The average Bonchev–Trinajstić information content (AvgIpc) is 2.37. The summed E-state index contributed by atoms with van der Waals surface area (Å²) in [7, 11) is 0. The van der Waals surface area contributed by atoms with Gasteiger partial charge < -0.3 is 15.2 Å². The van der Waals surface area contributed by atoms with Crippen LogP contribution in [0.5, 0.6) is 5.75 Å². The van der Waals surface area contributed by atoms with Gasteiger partial charge in [0.2, 0.25) is 0 Å². The number of aliphatic hydroxyl groups is 1. The van der Waals surface area contributed by atoms with Crippen LogP contribution in [0, 0.1) is 6.92 Å². The van der Waals surface area contributed by atoms with E-state index in [0.29, 0.717) is 13.2 Å². The van der Waals surface area contributed by atoms with Crippen molar-refractivity contribution in [2.24, 2.45) is 0 Å². The number of aliphatic hydroxyl groups excluding tert-OH is 1. The van der Waals surface area contributed by atoms with E-state index in [1.54, 1.807) is 0 Å². The van der Waals surface area contributed by atoms with Gasteiger partial charge in [-0.2, -0.15) is 0 Å². The Morgan fingerprint density at radius 1 is 1.24 bits per heavy atom. The lowest BCUT2D eigenvalue weighted by atomic mass is 10.2. The van der Waals surface area contributed by atoms with E-state index in [-0.39, 0.29) is 0 Å². The maximum Gasteiger partial charge on any atom is 0.119 e. The molecule has 2 N–H and O–H groups in total. The summed E-state index contributed by atoms with van der Waals surface area (Å²) < 4.78 is 5.45. The zero-order chi connectivity index (χ0) is 12.3. The minimum Gasteiger partial charge on any atom is -0.491 e. The Balaban J connectivity index is 2.03. The molecule has 3 nitrogen and oxygen atoms in total. The van der Waals surface area contributed by atoms with Crippen LogP contribution < -0.4 is 10.1 Å². The monoisotopic (exact) mass is 236 g/mol. The maximum absolute atomic E-state index is 9.67. The molecule has 1 unspecified atom stereocenters. The standard InChI is InChI=1S/C14H22NO2/c1-2-3-7-10-15-11-13(16)12-17-14-8-5-4-6-9-14/h4-6,8-9,13,15-16H,1-3,7,10-12H2. The fraction of sp³-hybridized carbons (Fsp3) is 0.500. The molecule has 1 radical (unpaired) electrons. The second-order valence-electron chi connectivity index (χ2n) is 4.04. The average molecular weight is 236 g/mol. The fourth-order valence-electron chi connectivity index (χ4n) is 1.46. The van der Waals surface area contributed by atoms with Crippen molar-refractivity contribution in [2.75, 3.05) is 19.7 Å². The van der Waals surface area contributed by atoms with Crippen LogP contribution in [-0.2, 0) is 0 Å². The van der Waals surface area contributed by atoms with Crippen LogP contribution in [0.4, 0.5) is 0 Å². The Morgan fingerprint density at radius 3 is 2.71 bits per heavy atom. The molecule has 0 fully saturated rings. The third kappa shape index (κ3) is 6.97. The van der Waals surface area contributed by atoms with E-state index in [4.69, 9.17) is 4.74 Å². The SMILES string of the molecule is [CH2]CCCCNCC(O)COc1ccccc1. The van der Waals surface area contributed by atoms with Crippen LogP contribution in [-0.4, -0.2) is 30.9 Å². The van der Waals surface area contributed by atoms with Gasteiger partial charge in [-0.25, -0.2) is 0 Å². The predicted molar refractivity (Wildman–Crippen MR) is 70.0 cm³/mol. The zero-order valence-electron chi connectivity index (χ0n) is 10.3. The fourth-order valence-corrected chi connectivity index (χ4v) is 1.46. The molecular formula is C14H22NO2. The molecular weight excluding hydrogens is 214 g/mol. The largest absolute Gasteiger partial charge is 0.491 e. The molecule has 0 saturated heterocycles. The Kier molecular flexibility index (Phi) is 7.43. The number of rotatable bonds is 9. The predicted octanol–water partition coefficient (Wildman–Crippen LogP) is 2.02. The zero-order valence-corrected chi connectivity index (χ0v) is 10.3. The summed E-state index contributed by atoms with van der Waals surface area (Å²) in [5, 5.41) is 12.9. The quantitative estimate of drug-likeness (QED) is 0.645. The van der Waals surface area contributed by atoms with Crippen molar-refractivity contribution in [3.63, 3.8) is 0 Å². The molecule has 0 aromatic heterocycles. The molecule has 0 aliphatic heterocycles. The summed E-state index contributed by atoms with van der Waals surface area (Å²) >= 11 is 0. The third-order valence-electron chi connectivity index (χ3n) is 2.42. The van der Waals surface area contributed by atoms with Crippen molar-refractivity contribution in [3.05, 3.63) is 37.3 Å². The summed E-state index contributed by atoms with van der Waals surface area (Å²) in [4.78, 5) is 0. The molecule has 3 heteroatoms. The lowest BCUT2D eigenvalue weighted by Crippen LogP contribution is -2.31. The van der Waals surface area contributed by atoms with Gasteiger partial charge in [0.15, 0.2) is 0 Å². The summed E-state index contributed by atoms with van der Waals surface area (Å²) in [5.74, 6) is 0.795. The van der Waals surface area contributed by atoms with Gasteiger partial charge in [0.1, 0.15) is 18.5 Å². The topological polar surface area (TPSA) is 41.5 Å². The van der Waals surface area contributed by atoms with Crippen LogP contribution in [0.2, 0.25) is 0 Å². The maximum atomic E-state index is 9.67. The molecule has 1 rings (SSSR count). The first kappa shape index (κ1) is 14.0. The molecule has 0 spiro atoms. The van der Waals surface area contributed by atoms with Gasteiger partial charge in [-0.05, 0) is 25.1 Å². The van der Waals surface area contributed by atoms with Crippen LogP contribution in [0.1, 0.15) is 19.3 Å². The smallest absolute Gasteiger partial charge is 0.119 e. The number of hydrogen-bond donors (Lipinski definition) is 2. The summed E-state index contributed by atoms with van der Waals surface area (Å²) in [6.07, 6.45) is 2.75. The molecule has 0 aliphatic rings. The molecule has 1 atom stereocenters. The van der Waals surface area contributed by atoms with Crippen molar-refractivity contribution < 1.29 is 9.84 Å². The van der Waals surface area contributed by atoms with Gasteiger partial charge in [0.25, 0.3) is 0 Å². The van der Waals surface area contributed by atoms with Crippen LogP contribution in [0.25, 0.3) is 0 Å². The second kappa shape index (κ2) is 9.02. The highest BCUT2D eigenvalue weighted by molar-refractivity contribution is 5.20. The Bertz CT molecular complexity index is 277. The molecule has 0 heterocycles. The van der Waals surface area contributed by atoms with Gasteiger partial charge in [-0.15, -0.1) is 0 Å². The highest BCUT2D eigenvalue weighted by Gasteiger charge is 2.04. The Hall–Kier alpha value is -1.06. The molecule has 17 heavy (non-hydrogen) atoms. The van der Waals surface area contributed by atoms with Crippen molar-refractivity contribution in [2.45, 2.75) is 25.4 Å². The van der Waals surface area contributed by atoms with E-state index < -0.39 is 6.10 Å². The molecule has 95 valence electrons. The first-order chi connectivity index (χ1) is 8.33. The second-order valence-corrected chi connectivity index (χ2v) is 4.04. The number of benzene rings is 1. The molecule has 0 aliphatic carbocycles. The van der Waals surface area contributed by atoms with E-state index in [0.717, 1.165) is 31.6 Å². The third-order valence-corrected chi connectivity index (χ3v) is 2.42. The van der Waals surface area contributed by atoms with Gasteiger partial charge in [0, 0.05) is 6.54 Å². The van der Waals surface area contributed by atoms with Crippen LogP contribution in [0.3, 0.4) is 0 Å². The Labute approximate surface area is 104 Å². The number of unbranched alkanes of at least 4 members (excludes halogenated alkanes) is 2. The number of hydrogen-bond acceptors (Lipinski definition) is 3. The van der Waals surface area contributed by atoms with Crippen molar-refractivity contribution in [1.82, 2.24) is 5.32 Å². The summed E-state index contributed by atoms with van der Waals surface area (Å²) in [6, 6.07) is 9.54. The Morgan fingerprint density at radius 2 is 2.00 bits per heavy atom. The molecule has 1 aromatic carbocycles. The first-order valence-corrected chi connectivity index (χ1v) is 6.19. The molecule has 1 aromatic rings. The number of nitrogens with one attached hydrogen (secondary N) is 1. The van der Waals surface area contributed by atoms with Gasteiger partial charge in [-0.1, -0.05) is 38.0 Å². The summed E-state index contributed by atoms with van der Waals surface area (Å²) in [6.45, 7) is 5.61. The molecule has 0 bridgehead atoms. The van der Waals surface area contributed by atoms with E-state index >= 15 is 0 Å². The van der Waals surface area contributed by atoms with Gasteiger partial charge >= 0.3 is 0 Å². The highest BCUT2D eigenvalue weighted by Crippen LogP contribution is 2.08. The minimum atomic E-state index is -0.463. The van der Waals surface area contributed by atoms with Crippen LogP contribution in [0.15, 0.2) is 30.3 Å². The van der Waals surface area contributed by atoms with Gasteiger partial charge in [0.05, 0.1) is 0 Å².